The Morgan fingerprint density at radius 2 is 1.91 bits per heavy atom. The summed E-state index contributed by atoms with van der Waals surface area (Å²) in [7, 11) is 1.63. The summed E-state index contributed by atoms with van der Waals surface area (Å²) in [4.78, 5) is 8.99. The predicted octanol–water partition coefficient (Wildman–Crippen LogP) is 4.14. The largest absolute Gasteiger partial charge is 0.497 e. The number of pyridine rings is 1. The van der Waals surface area contributed by atoms with Crippen LogP contribution in [-0.4, -0.2) is 37.7 Å². The Labute approximate surface area is 188 Å². The Bertz CT molecular complexity index is 926. The lowest BCUT2D eigenvalue weighted by Crippen LogP contribution is -2.38. The van der Waals surface area contributed by atoms with E-state index in [-0.39, 0.29) is 0 Å². The normalized spacial score (nSPS) is 11.2. The highest BCUT2D eigenvalue weighted by Crippen LogP contribution is 2.22. The van der Waals surface area contributed by atoms with E-state index in [1.165, 1.54) is 0 Å². The first-order valence-electron chi connectivity index (χ1n) is 10.7. The molecule has 8 heteroatoms. The fraction of sp³-hybridized carbons (Fsp3) is 0.333. The number of aliphatic imine (C=N–C) groups is 1. The summed E-state index contributed by atoms with van der Waals surface area (Å²) in [5.41, 5.74) is 0.992. The van der Waals surface area contributed by atoms with E-state index >= 15 is 0 Å². The summed E-state index contributed by atoms with van der Waals surface area (Å²) in [5, 5.41) is 6.57. The van der Waals surface area contributed by atoms with Gasteiger partial charge in [0.05, 0.1) is 19.9 Å². The Hall–Kier alpha value is -3.52. The predicted molar refractivity (Wildman–Crippen MR) is 123 cm³/mol. The number of furan rings is 1. The molecule has 3 aromatic rings. The number of ether oxygens (including phenoxy) is 3. The minimum Gasteiger partial charge on any atom is -0.497 e. The molecule has 2 N–H and O–H groups in total. The highest BCUT2D eigenvalue weighted by Gasteiger charge is 2.02. The number of hydrogen-bond donors (Lipinski definition) is 2. The first-order chi connectivity index (χ1) is 15.8. The minimum absolute atomic E-state index is 0.492. The van der Waals surface area contributed by atoms with Gasteiger partial charge in [-0.3, -0.25) is 0 Å². The summed E-state index contributed by atoms with van der Waals surface area (Å²) >= 11 is 0. The molecule has 0 radical (unpaired) electrons. The second-order valence-corrected chi connectivity index (χ2v) is 6.89. The number of aromatic nitrogens is 1. The van der Waals surface area contributed by atoms with Crippen LogP contribution in [0.4, 0.5) is 0 Å². The van der Waals surface area contributed by atoms with Crippen LogP contribution in [0.3, 0.4) is 0 Å². The smallest absolute Gasteiger partial charge is 0.219 e. The van der Waals surface area contributed by atoms with Gasteiger partial charge in [-0.05, 0) is 55.3 Å². The molecule has 0 spiro atoms. The van der Waals surface area contributed by atoms with Gasteiger partial charge in [-0.15, -0.1) is 0 Å². The van der Waals surface area contributed by atoms with E-state index in [0.29, 0.717) is 31.4 Å². The van der Waals surface area contributed by atoms with Crippen LogP contribution in [0.1, 0.15) is 24.7 Å². The van der Waals surface area contributed by atoms with Crippen LogP contribution < -0.4 is 20.1 Å². The zero-order valence-electron chi connectivity index (χ0n) is 18.5. The van der Waals surface area contributed by atoms with Crippen LogP contribution in [-0.2, 0) is 17.9 Å². The van der Waals surface area contributed by atoms with Crippen LogP contribution in [0.25, 0.3) is 0 Å². The third kappa shape index (κ3) is 7.96. The fourth-order valence-corrected chi connectivity index (χ4v) is 2.79. The molecule has 8 nitrogen and oxygen atoms in total. The van der Waals surface area contributed by atoms with Crippen LogP contribution >= 0.6 is 0 Å². The van der Waals surface area contributed by atoms with E-state index in [1.807, 2.05) is 55.5 Å². The van der Waals surface area contributed by atoms with E-state index in [0.717, 1.165) is 42.5 Å². The summed E-state index contributed by atoms with van der Waals surface area (Å²) in [6.07, 6.45) is 4.29. The molecule has 0 saturated carbocycles. The van der Waals surface area contributed by atoms with E-state index in [2.05, 4.69) is 20.6 Å². The van der Waals surface area contributed by atoms with Crippen molar-refractivity contribution in [2.45, 2.75) is 26.5 Å². The number of guanidine groups is 1. The number of nitrogens with one attached hydrogen (secondary N) is 2. The molecule has 0 fully saturated rings. The topological polar surface area (TPSA) is 90.1 Å². The molecule has 170 valence electrons. The van der Waals surface area contributed by atoms with Crippen LogP contribution in [0, 0.1) is 0 Å². The number of nitrogens with zero attached hydrogens (tertiary/aromatic N) is 2. The van der Waals surface area contributed by atoms with Crippen LogP contribution in [0.5, 0.6) is 17.4 Å². The van der Waals surface area contributed by atoms with Gasteiger partial charge in [0.1, 0.15) is 23.9 Å². The molecular weight excluding hydrogens is 408 g/mol. The van der Waals surface area contributed by atoms with Gasteiger partial charge in [0.2, 0.25) is 5.88 Å². The molecule has 1 aromatic carbocycles. The maximum atomic E-state index is 5.76. The van der Waals surface area contributed by atoms with Gasteiger partial charge in [0.15, 0.2) is 5.96 Å². The average Bonchev–Trinajstić information content (AvgIpc) is 3.34. The van der Waals surface area contributed by atoms with Gasteiger partial charge < -0.3 is 29.3 Å². The zero-order valence-corrected chi connectivity index (χ0v) is 18.5. The Balaban J connectivity index is 1.41. The highest BCUT2D eigenvalue weighted by atomic mass is 16.5. The van der Waals surface area contributed by atoms with Crippen LogP contribution in [0.15, 0.2) is 70.4 Å². The van der Waals surface area contributed by atoms with E-state index in [1.54, 1.807) is 19.6 Å². The zero-order chi connectivity index (χ0) is 22.4. The Kier molecular flexibility index (Phi) is 9.41. The molecule has 2 aromatic heterocycles. The molecule has 0 saturated heterocycles. The van der Waals surface area contributed by atoms with E-state index in [9.17, 15) is 0 Å². The van der Waals surface area contributed by atoms with E-state index < -0.39 is 0 Å². The maximum Gasteiger partial charge on any atom is 0.219 e. The molecule has 0 bridgehead atoms. The molecule has 32 heavy (non-hydrogen) atoms. The van der Waals surface area contributed by atoms with Gasteiger partial charge in [-0.25, -0.2) is 9.98 Å². The molecule has 0 amide bonds. The minimum atomic E-state index is 0.492. The number of hydrogen-bond acceptors (Lipinski definition) is 6. The van der Waals surface area contributed by atoms with Crippen molar-refractivity contribution in [3.05, 3.63) is 72.3 Å². The molecular formula is C24H30N4O4. The number of rotatable bonds is 12. The highest BCUT2D eigenvalue weighted by molar-refractivity contribution is 5.79. The van der Waals surface area contributed by atoms with Crippen molar-refractivity contribution in [2.75, 3.05) is 26.8 Å². The van der Waals surface area contributed by atoms with Crippen molar-refractivity contribution in [3.8, 4) is 17.4 Å². The first-order valence-corrected chi connectivity index (χ1v) is 10.7. The van der Waals surface area contributed by atoms with Crippen molar-refractivity contribution >= 4 is 5.96 Å². The van der Waals surface area contributed by atoms with E-state index in [4.69, 9.17) is 18.6 Å². The molecule has 3 rings (SSSR count). The third-order valence-corrected chi connectivity index (χ3v) is 4.43. The summed E-state index contributed by atoms with van der Waals surface area (Å²) < 4.78 is 21.7. The first kappa shape index (κ1) is 23.1. The monoisotopic (exact) mass is 438 g/mol. The summed E-state index contributed by atoms with van der Waals surface area (Å²) in [6.45, 7) is 5.24. The van der Waals surface area contributed by atoms with Crippen molar-refractivity contribution in [2.24, 2.45) is 4.99 Å². The van der Waals surface area contributed by atoms with Crippen molar-refractivity contribution < 1.29 is 18.6 Å². The lowest BCUT2D eigenvalue weighted by molar-refractivity contribution is 0.105. The van der Waals surface area contributed by atoms with Gasteiger partial charge in [-0.1, -0.05) is 6.07 Å². The average molecular weight is 439 g/mol. The second kappa shape index (κ2) is 13.0. The molecule has 2 heterocycles. The SMILES string of the molecule is CCNC(=NCc1ccc(Oc2ccc(OC)cc2)nc1)NCCCOCc1ccco1. The lowest BCUT2D eigenvalue weighted by Gasteiger charge is -2.11. The lowest BCUT2D eigenvalue weighted by atomic mass is 10.3. The summed E-state index contributed by atoms with van der Waals surface area (Å²) in [6, 6.07) is 14.9. The van der Waals surface area contributed by atoms with Gasteiger partial charge >= 0.3 is 0 Å². The molecule has 0 aliphatic carbocycles. The quantitative estimate of drug-likeness (QED) is 0.250. The fourth-order valence-electron chi connectivity index (χ4n) is 2.79. The van der Waals surface area contributed by atoms with Crippen molar-refractivity contribution in [1.82, 2.24) is 15.6 Å². The standard InChI is InChI=1S/C24H30N4O4/c1-3-25-24(26-13-5-14-30-18-22-6-4-15-31-22)28-17-19-7-12-23(27-16-19)32-21-10-8-20(29-2)9-11-21/h4,6-12,15-16H,3,5,13-14,17-18H2,1-2H3,(H2,25,26,28). The van der Waals surface area contributed by atoms with Crippen molar-refractivity contribution in [1.29, 1.82) is 0 Å². The van der Waals surface area contributed by atoms with Gasteiger partial charge in [0.25, 0.3) is 0 Å². The maximum absolute atomic E-state index is 5.76. The Morgan fingerprint density at radius 3 is 2.59 bits per heavy atom. The number of methoxy groups -OCH3 is 1. The number of benzene rings is 1. The molecule has 0 aliphatic heterocycles. The molecule has 0 aliphatic rings. The van der Waals surface area contributed by atoms with Gasteiger partial charge in [-0.2, -0.15) is 0 Å². The third-order valence-electron chi connectivity index (χ3n) is 4.43. The molecule has 0 atom stereocenters. The van der Waals surface area contributed by atoms with Gasteiger partial charge in [0, 0.05) is 32.0 Å². The van der Waals surface area contributed by atoms with Crippen molar-refractivity contribution in [3.63, 3.8) is 0 Å². The summed E-state index contributed by atoms with van der Waals surface area (Å²) in [5.74, 6) is 3.61. The Morgan fingerprint density at radius 1 is 1.06 bits per heavy atom. The molecule has 0 unspecified atom stereocenters. The van der Waals surface area contributed by atoms with Crippen LogP contribution in [0.2, 0.25) is 0 Å². The second-order valence-electron chi connectivity index (χ2n) is 6.89.